The van der Waals surface area contributed by atoms with Gasteiger partial charge in [-0.2, -0.15) is 0 Å². The van der Waals surface area contributed by atoms with Crippen molar-refractivity contribution in [1.82, 2.24) is 0 Å². The van der Waals surface area contributed by atoms with E-state index < -0.39 is 11.0 Å². The van der Waals surface area contributed by atoms with Gasteiger partial charge in [-0.05, 0) is 47.5 Å². The van der Waals surface area contributed by atoms with Crippen LogP contribution < -0.4 is 0 Å². The third-order valence-corrected chi connectivity index (χ3v) is 2.60. The Morgan fingerprint density at radius 2 is 1.62 bits per heavy atom. The summed E-state index contributed by atoms with van der Waals surface area (Å²) < 4.78 is 5.31. The molecule has 0 aromatic rings. The van der Waals surface area contributed by atoms with E-state index in [9.17, 15) is 9.59 Å². The van der Waals surface area contributed by atoms with E-state index in [0.717, 1.165) is 12.8 Å². The van der Waals surface area contributed by atoms with Gasteiger partial charge >= 0.3 is 5.97 Å². The predicted octanol–water partition coefficient (Wildman–Crippen LogP) is 2.72. The van der Waals surface area contributed by atoms with Crippen molar-refractivity contribution in [2.24, 2.45) is 11.3 Å². The molecule has 0 saturated heterocycles. The van der Waals surface area contributed by atoms with Gasteiger partial charge in [0.2, 0.25) is 0 Å². The largest absolute Gasteiger partial charge is 0.460 e. The molecule has 1 saturated carbocycles. The molecule has 0 amide bonds. The van der Waals surface area contributed by atoms with Crippen molar-refractivity contribution in [3.63, 3.8) is 0 Å². The van der Waals surface area contributed by atoms with E-state index in [1.807, 2.05) is 20.8 Å². The maximum absolute atomic E-state index is 11.9. The van der Waals surface area contributed by atoms with Crippen LogP contribution in [-0.4, -0.2) is 17.4 Å². The van der Waals surface area contributed by atoms with Gasteiger partial charge in [0.25, 0.3) is 0 Å². The molecule has 0 radical (unpaired) electrons. The van der Waals surface area contributed by atoms with E-state index in [2.05, 4.69) is 0 Å². The number of ketones is 1. The van der Waals surface area contributed by atoms with Crippen LogP contribution in [0.4, 0.5) is 0 Å². The summed E-state index contributed by atoms with van der Waals surface area (Å²) in [6, 6.07) is 0. The normalized spacial score (nSPS) is 17.1. The van der Waals surface area contributed by atoms with Crippen molar-refractivity contribution < 1.29 is 14.3 Å². The van der Waals surface area contributed by atoms with Gasteiger partial charge in [0.05, 0.1) is 5.41 Å². The number of esters is 1. The van der Waals surface area contributed by atoms with Gasteiger partial charge in [0, 0.05) is 12.3 Å². The minimum Gasteiger partial charge on any atom is -0.460 e. The zero-order valence-corrected chi connectivity index (χ0v) is 10.9. The van der Waals surface area contributed by atoms with E-state index in [-0.39, 0.29) is 17.7 Å². The maximum atomic E-state index is 11.9. The van der Waals surface area contributed by atoms with Crippen molar-refractivity contribution in [2.45, 2.75) is 59.5 Å². The van der Waals surface area contributed by atoms with E-state index in [1.165, 1.54) is 0 Å². The van der Waals surface area contributed by atoms with Crippen molar-refractivity contribution in [1.29, 1.82) is 0 Å². The highest BCUT2D eigenvalue weighted by Crippen LogP contribution is 2.35. The van der Waals surface area contributed by atoms with Crippen LogP contribution in [0.3, 0.4) is 0 Å². The average Bonchev–Trinajstić information content (AvgIpc) is 2.80. The highest BCUT2D eigenvalue weighted by molar-refractivity contribution is 5.89. The van der Waals surface area contributed by atoms with Crippen LogP contribution in [0.2, 0.25) is 0 Å². The third kappa shape index (κ3) is 3.95. The minimum atomic E-state index is -0.701. The van der Waals surface area contributed by atoms with Gasteiger partial charge < -0.3 is 4.74 Å². The lowest BCUT2D eigenvalue weighted by molar-refractivity contribution is -0.167. The fourth-order valence-electron chi connectivity index (χ4n) is 1.47. The smallest absolute Gasteiger partial charge is 0.312 e. The number of hydrogen-bond acceptors (Lipinski definition) is 3. The number of Topliss-reactive ketones (excluding diaryl/α,β-unsaturated/α-hetero) is 1. The van der Waals surface area contributed by atoms with Gasteiger partial charge in [-0.25, -0.2) is 0 Å². The maximum Gasteiger partial charge on any atom is 0.312 e. The highest BCUT2D eigenvalue weighted by atomic mass is 16.6. The molecule has 0 heterocycles. The molecule has 3 nitrogen and oxygen atoms in total. The second kappa shape index (κ2) is 4.19. The Labute approximate surface area is 97.5 Å². The Bertz CT molecular complexity index is 293. The van der Waals surface area contributed by atoms with Crippen LogP contribution in [0, 0.1) is 11.3 Å². The number of ether oxygens (including phenoxy) is 1. The van der Waals surface area contributed by atoms with Crippen molar-refractivity contribution in [3.8, 4) is 0 Å². The van der Waals surface area contributed by atoms with Gasteiger partial charge in [-0.3, -0.25) is 9.59 Å². The van der Waals surface area contributed by atoms with Crippen LogP contribution in [0.5, 0.6) is 0 Å². The second-order valence-electron chi connectivity index (χ2n) is 6.30. The molecule has 1 fully saturated rings. The van der Waals surface area contributed by atoms with Crippen LogP contribution >= 0.6 is 0 Å². The topological polar surface area (TPSA) is 43.4 Å². The van der Waals surface area contributed by atoms with Crippen molar-refractivity contribution in [3.05, 3.63) is 0 Å². The summed E-state index contributed by atoms with van der Waals surface area (Å²) in [7, 11) is 0. The predicted molar refractivity (Wildman–Crippen MR) is 62.0 cm³/mol. The Kier molecular flexibility index (Phi) is 3.46. The Hall–Kier alpha value is -0.860. The first-order valence-electron chi connectivity index (χ1n) is 5.88. The van der Waals surface area contributed by atoms with Crippen LogP contribution in [0.1, 0.15) is 53.9 Å². The number of carbonyl (C=O) groups is 2. The molecule has 16 heavy (non-hydrogen) atoms. The molecule has 1 rings (SSSR count). The van der Waals surface area contributed by atoms with E-state index >= 15 is 0 Å². The van der Waals surface area contributed by atoms with E-state index in [0.29, 0.717) is 6.42 Å². The van der Waals surface area contributed by atoms with Crippen LogP contribution in [0.15, 0.2) is 0 Å². The van der Waals surface area contributed by atoms with Gasteiger partial charge in [-0.15, -0.1) is 0 Å². The van der Waals surface area contributed by atoms with Crippen molar-refractivity contribution in [2.75, 3.05) is 0 Å². The SMILES string of the molecule is CC(C)(C)OC(=O)C(C)(C)CC(=O)C1CC1. The summed E-state index contributed by atoms with van der Waals surface area (Å²) >= 11 is 0. The lowest BCUT2D eigenvalue weighted by atomic mass is 9.86. The highest BCUT2D eigenvalue weighted by Gasteiger charge is 2.39. The molecule has 0 atom stereocenters. The monoisotopic (exact) mass is 226 g/mol. The summed E-state index contributed by atoms with van der Waals surface area (Å²) in [4.78, 5) is 23.6. The molecule has 3 heteroatoms. The molecular weight excluding hydrogens is 204 g/mol. The van der Waals surface area contributed by atoms with Crippen LogP contribution in [-0.2, 0) is 14.3 Å². The Morgan fingerprint density at radius 3 is 2.00 bits per heavy atom. The average molecular weight is 226 g/mol. The third-order valence-electron chi connectivity index (χ3n) is 2.60. The molecule has 0 unspecified atom stereocenters. The zero-order chi connectivity index (χ0) is 12.6. The van der Waals surface area contributed by atoms with E-state index in [4.69, 9.17) is 4.74 Å². The number of hydrogen-bond donors (Lipinski definition) is 0. The molecule has 0 spiro atoms. The summed E-state index contributed by atoms with van der Waals surface area (Å²) in [5.41, 5.74) is -1.19. The molecule has 1 aliphatic carbocycles. The number of rotatable bonds is 4. The van der Waals surface area contributed by atoms with Gasteiger partial charge in [0.15, 0.2) is 0 Å². The lowest BCUT2D eigenvalue weighted by Gasteiger charge is -2.28. The van der Waals surface area contributed by atoms with Gasteiger partial charge in [0.1, 0.15) is 11.4 Å². The second-order valence-corrected chi connectivity index (χ2v) is 6.30. The van der Waals surface area contributed by atoms with E-state index in [1.54, 1.807) is 13.8 Å². The molecule has 1 aliphatic rings. The summed E-state index contributed by atoms with van der Waals surface area (Å²) in [6.07, 6.45) is 2.28. The molecule has 0 aromatic heterocycles. The summed E-state index contributed by atoms with van der Waals surface area (Å²) in [5.74, 6) is 0.131. The molecule has 92 valence electrons. The molecule has 0 aromatic carbocycles. The Balaban J connectivity index is 2.54. The fourth-order valence-corrected chi connectivity index (χ4v) is 1.47. The molecular formula is C13H22O3. The molecule has 0 aliphatic heterocycles. The zero-order valence-electron chi connectivity index (χ0n) is 10.9. The fraction of sp³-hybridized carbons (Fsp3) is 0.846. The van der Waals surface area contributed by atoms with Crippen LogP contribution in [0.25, 0.3) is 0 Å². The first-order valence-corrected chi connectivity index (χ1v) is 5.88. The lowest BCUT2D eigenvalue weighted by Crippen LogP contribution is -2.35. The quantitative estimate of drug-likeness (QED) is 0.692. The standard InChI is InChI=1S/C13H22O3/c1-12(2,3)16-11(15)13(4,5)8-10(14)9-6-7-9/h9H,6-8H2,1-5H3. The minimum absolute atomic E-state index is 0.204. The summed E-state index contributed by atoms with van der Waals surface area (Å²) in [6.45, 7) is 9.07. The Morgan fingerprint density at radius 1 is 1.12 bits per heavy atom. The first kappa shape index (κ1) is 13.2. The van der Waals surface area contributed by atoms with Crippen molar-refractivity contribution >= 4 is 11.8 Å². The molecule has 0 bridgehead atoms. The first-order chi connectivity index (χ1) is 7.12. The molecule has 0 N–H and O–H groups in total. The number of carbonyl (C=O) groups excluding carboxylic acids is 2. The van der Waals surface area contributed by atoms with Gasteiger partial charge in [-0.1, -0.05) is 0 Å². The summed E-state index contributed by atoms with van der Waals surface area (Å²) in [5, 5.41) is 0.